The molecule has 7 heteroatoms. The number of aromatic nitrogens is 2. The molecule has 176 valence electrons. The highest BCUT2D eigenvalue weighted by molar-refractivity contribution is 5.92. The van der Waals surface area contributed by atoms with Crippen LogP contribution in [0.15, 0.2) is 30.5 Å². The van der Waals surface area contributed by atoms with Crippen LogP contribution in [0.25, 0.3) is 0 Å². The molecule has 7 nitrogen and oxygen atoms in total. The van der Waals surface area contributed by atoms with E-state index in [-0.39, 0.29) is 11.8 Å². The lowest BCUT2D eigenvalue weighted by atomic mass is 9.78. The molecule has 33 heavy (non-hydrogen) atoms. The molecule has 4 heterocycles. The van der Waals surface area contributed by atoms with Crippen molar-refractivity contribution in [1.29, 1.82) is 0 Å². The third kappa shape index (κ3) is 4.69. The SMILES string of the molecule is CC(=O)c1ccn(C(=O)N2CCC3(CCN(Cc4cc(C)cc(N5CCCC5)c4)C3)CC2)n1. The van der Waals surface area contributed by atoms with E-state index in [0.717, 1.165) is 45.6 Å². The summed E-state index contributed by atoms with van der Waals surface area (Å²) in [6, 6.07) is 8.55. The largest absolute Gasteiger partial charge is 0.372 e. The first-order valence-corrected chi connectivity index (χ1v) is 12.3. The molecule has 0 bridgehead atoms. The lowest BCUT2D eigenvalue weighted by Gasteiger charge is -2.39. The molecule has 3 aliphatic heterocycles. The summed E-state index contributed by atoms with van der Waals surface area (Å²) in [4.78, 5) is 31.3. The van der Waals surface area contributed by atoms with Crippen molar-refractivity contribution >= 4 is 17.5 Å². The molecule has 3 aliphatic rings. The minimum absolute atomic E-state index is 0.119. The van der Waals surface area contributed by atoms with Gasteiger partial charge in [-0.05, 0) is 80.3 Å². The van der Waals surface area contributed by atoms with Crippen molar-refractivity contribution in [3.8, 4) is 0 Å². The van der Waals surface area contributed by atoms with Crippen molar-refractivity contribution in [2.75, 3.05) is 44.2 Å². The molecule has 0 atom stereocenters. The van der Waals surface area contributed by atoms with Crippen LogP contribution in [0.3, 0.4) is 0 Å². The van der Waals surface area contributed by atoms with E-state index < -0.39 is 0 Å². The van der Waals surface area contributed by atoms with E-state index in [9.17, 15) is 9.59 Å². The Morgan fingerprint density at radius 2 is 1.73 bits per heavy atom. The number of rotatable bonds is 4. The van der Waals surface area contributed by atoms with Crippen LogP contribution in [-0.2, 0) is 6.54 Å². The van der Waals surface area contributed by atoms with E-state index in [2.05, 4.69) is 40.0 Å². The first kappa shape index (κ1) is 22.1. The van der Waals surface area contributed by atoms with Gasteiger partial charge in [-0.25, -0.2) is 4.79 Å². The Morgan fingerprint density at radius 3 is 2.42 bits per heavy atom. The van der Waals surface area contributed by atoms with Crippen molar-refractivity contribution in [3.05, 3.63) is 47.3 Å². The first-order valence-electron chi connectivity index (χ1n) is 12.3. The van der Waals surface area contributed by atoms with Crippen LogP contribution in [0.4, 0.5) is 10.5 Å². The van der Waals surface area contributed by atoms with Gasteiger partial charge < -0.3 is 9.80 Å². The van der Waals surface area contributed by atoms with E-state index >= 15 is 0 Å². The van der Waals surface area contributed by atoms with Crippen molar-refractivity contribution < 1.29 is 9.59 Å². The zero-order valence-electron chi connectivity index (χ0n) is 19.9. The minimum atomic E-state index is -0.124. The number of ketones is 1. The monoisotopic (exact) mass is 449 g/mol. The number of likely N-dealkylation sites (tertiary alicyclic amines) is 2. The normalized spacial score (nSPS) is 20.7. The Morgan fingerprint density at radius 1 is 1.00 bits per heavy atom. The van der Waals surface area contributed by atoms with E-state index in [1.165, 1.54) is 60.8 Å². The summed E-state index contributed by atoms with van der Waals surface area (Å²) < 4.78 is 1.31. The molecule has 2 aromatic rings. The van der Waals surface area contributed by atoms with Crippen molar-refractivity contribution in [2.24, 2.45) is 5.41 Å². The standard InChI is InChI=1S/C26H35N5O2/c1-20-15-22(17-23(16-20)29-9-3-4-10-29)18-28-12-6-26(19-28)7-13-30(14-8-26)25(33)31-11-5-24(27-31)21(2)32/h5,11,15-17H,3-4,6-10,12-14,18-19H2,1-2H3. The second-order valence-electron chi connectivity index (χ2n) is 10.3. The third-order valence-electron chi connectivity index (χ3n) is 7.76. The Hall–Kier alpha value is -2.67. The van der Waals surface area contributed by atoms with E-state index in [1.54, 1.807) is 12.3 Å². The van der Waals surface area contributed by atoms with Crippen LogP contribution in [0.5, 0.6) is 0 Å². The number of Topliss-reactive ketones (excluding diaryl/α,β-unsaturated/α-hetero) is 1. The van der Waals surface area contributed by atoms with Gasteiger partial charge in [-0.1, -0.05) is 6.07 Å². The maximum atomic E-state index is 12.8. The number of piperidine rings is 1. The zero-order valence-corrected chi connectivity index (χ0v) is 19.9. The number of carbonyl (C=O) groups excluding carboxylic acids is 2. The number of amides is 1. The lowest BCUT2D eigenvalue weighted by molar-refractivity contribution is 0.101. The molecular weight excluding hydrogens is 414 g/mol. The molecule has 1 spiro atoms. The van der Waals surface area contributed by atoms with Crippen molar-refractivity contribution in [3.63, 3.8) is 0 Å². The average Bonchev–Trinajstić information content (AvgIpc) is 3.55. The van der Waals surface area contributed by atoms with Gasteiger partial charge in [0.1, 0.15) is 5.69 Å². The maximum Gasteiger partial charge on any atom is 0.344 e. The topological polar surface area (TPSA) is 61.7 Å². The van der Waals surface area contributed by atoms with Gasteiger partial charge in [-0.15, -0.1) is 0 Å². The molecule has 0 radical (unpaired) electrons. The molecule has 1 aromatic carbocycles. The van der Waals surface area contributed by atoms with Gasteiger partial charge in [0.25, 0.3) is 0 Å². The molecule has 1 amide bonds. The molecule has 1 aromatic heterocycles. The molecule has 5 rings (SSSR count). The number of hydrogen-bond donors (Lipinski definition) is 0. The maximum absolute atomic E-state index is 12.8. The van der Waals surface area contributed by atoms with E-state index in [1.807, 2.05) is 4.90 Å². The molecule has 3 fully saturated rings. The number of anilines is 1. The second-order valence-corrected chi connectivity index (χ2v) is 10.3. The predicted octanol–water partition coefficient (Wildman–Crippen LogP) is 3.95. The summed E-state index contributed by atoms with van der Waals surface area (Å²) >= 11 is 0. The molecule has 0 N–H and O–H groups in total. The first-order chi connectivity index (χ1) is 15.9. The molecule has 0 unspecified atom stereocenters. The number of nitrogens with zero attached hydrogens (tertiary/aromatic N) is 5. The van der Waals surface area contributed by atoms with E-state index in [0.29, 0.717) is 11.1 Å². The molecule has 0 saturated carbocycles. The minimum Gasteiger partial charge on any atom is -0.372 e. The molecule has 0 aliphatic carbocycles. The summed E-state index contributed by atoms with van der Waals surface area (Å²) in [6.07, 6.45) is 7.46. The summed E-state index contributed by atoms with van der Waals surface area (Å²) in [5, 5.41) is 4.14. The van der Waals surface area contributed by atoms with Gasteiger partial charge in [-0.2, -0.15) is 9.78 Å². The predicted molar refractivity (Wildman–Crippen MR) is 129 cm³/mol. The van der Waals surface area contributed by atoms with Crippen LogP contribution < -0.4 is 4.90 Å². The fraction of sp³-hybridized carbons (Fsp3) is 0.577. The van der Waals surface area contributed by atoms with Crippen LogP contribution in [0, 0.1) is 12.3 Å². The van der Waals surface area contributed by atoms with Crippen LogP contribution >= 0.6 is 0 Å². The summed E-state index contributed by atoms with van der Waals surface area (Å²) in [5.41, 5.74) is 4.80. The summed E-state index contributed by atoms with van der Waals surface area (Å²) in [6.45, 7) is 10.8. The highest BCUT2D eigenvalue weighted by atomic mass is 16.2. The lowest BCUT2D eigenvalue weighted by Crippen LogP contribution is -2.45. The Bertz CT molecular complexity index is 1030. The van der Waals surface area contributed by atoms with Crippen LogP contribution in [0.2, 0.25) is 0 Å². The number of benzene rings is 1. The summed E-state index contributed by atoms with van der Waals surface area (Å²) in [5.74, 6) is -0.119. The quantitative estimate of drug-likeness (QED) is 0.662. The van der Waals surface area contributed by atoms with Crippen molar-refractivity contribution in [1.82, 2.24) is 19.6 Å². The van der Waals surface area contributed by atoms with Gasteiger partial charge in [0.15, 0.2) is 5.78 Å². The number of aryl methyl sites for hydroxylation is 1. The number of hydrogen-bond acceptors (Lipinski definition) is 5. The Kier molecular flexibility index (Phi) is 5.99. The fourth-order valence-corrected chi connectivity index (χ4v) is 5.85. The fourth-order valence-electron chi connectivity index (χ4n) is 5.85. The van der Waals surface area contributed by atoms with Crippen molar-refractivity contribution in [2.45, 2.75) is 52.5 Å². The summed E-state index contributed by atoms with van der Waals surface area (Å²) in [7, 11) is 0. The van der Waals surface area contributed by atoms with E-state index in [4.69, 9.17) is 0 Å². The van der Waals surface area contributed by atoms with Crippen LogP contribution in [0.1, 0.15) is 60.6 Å². The van der Waals surface area contributed by atoms with Gasteiger partial charge in [0.05, 0.1) is 0 Å². The van der Waals surface area contributed by atoms with Gasteiger partial charge in [0, 0.05) is 58.1 Å². The third-order valence-corrected chi connectivity index (χ3v) is 7.76. The van der Waals surface area contributed by atoms with Gasteiger partial charge in [0.2, 0.25) is 0 Å². The second kappa shape index (κ2) is 8.93. The highest BCUT2D eigenvalue weighted by Crippen LogP contribution is 2.41. The average molecular weight is 450 g/mol. The highest BCUT2D eigenvalue weighted by Gasteiger charge is 2.41. The van der Waals surface area contributed by atoms with Crippen LogP contribution in [-0.4, -0.2) is 70.7 Å². The van der Waals surface area contributed by atoms with Gasteiger partial charge >= 0.3 is 6.03 Å². The Balaban J connectivity index is 1.18. The van der Waals surface area contributed by atoms with Gasteiger partial charge in [-0.3, -0.25) is 9.69 Å². The molecule has 3 saturated heterocycles. The zero-order chi connectivity index (χ0) is 23.0. The Labute approximate surface area is 196 Å². The molecular formula is C26H35N5O2. The smallest absolute Gasteiger partial charge is 0.344 e. The number of carbonyl (C=O) groups is 2.